The number of fused-ring (bicyclic) bond motifs is 1. The van der Waals surface area contributed by atoms with E-state index in [2.05, 4.69) is 71.9 Å². The van der Waals surface area contributed by atoms with E-state index in [-0.39, 0.29) is 0 Å². The van der Waals surface area contributed by atoms with Crippen molar-refractivity contribution in [2.75, 3.05) is 27.0 Å². The highest BCUT2D eigenvalue weighted by molar-refractivity contribution is 8.56. The number of nitrogens with one attached hydrogen (secondary N) is 2. The fraction of sp³-hybridized carbons (Fsp3) is 0.381. The van der Waals surface area contributed by atoms with E-state index in [0.29, 0.717) is 17.2 Å². The van der Waals surface area contributed by atoms with Crippen molar-refractivity contribution in [3.05, 3.63) is 54.6 Å². The van der Waals surface area contributed by atoms with Gasteiger partial charge in [-0.15, -0.1) is 0 Å². The number of nitrogens with zero attached hydrogens (tertiary/aromatic N) is 2. The van der Waals surface area contributed by atoms with Crippen molar-refractivity contribution in [2.24, 2.45) is 0 Å². The normalized spacial score (nSPS) is 13.9. The quantitative estimate of drug-likeness (QED) is 0.313. The van der Waals surface area contributed by atoms with E-state index >= 15 is 0 Å². The molecule has 0 aromatic heterocycles. The molecule has 1 aliphatic heterocycles. The number of benzene rings is 2. The lowest BCUT2D eigenvalue weighted by Crippen LogP contribution is -2.31. The number of rotatable bonds is 7. The molecule has 3 rings (SSSR count). The SMILES string of the molecule is CC(C)N1c2ccccc2N(C(C)C)P1SCCNC(=S)Nc1ccccc1. The third-order valence-electron chi connectivity index (χ3n) is 4.35. The van der Waals surface area contributed by atoms with Gasteiger partial charge >= 0.3 is 0 Å². The molecule has 0 unspecified atom stereocenters. The molecule has 0 saturated carbocycles. The zero-order valence-corrected chi connectivity index (χ0v) is 19.5. The van der Waals surface area contributed by atoms with Crippen molar-refractivity contribution in [2.45, 2.75) is 39.8 Å². The Morgan fingerprint density at radius 1 is 0.929 bits per heavy atom. The van der Waals surface area contributed by atoms with Gasteiger partial charge in [0, 0.05) is 30.1 Å². The summed E-state index contributed by atoms with van der Waals surface area (Å²) in [6.45, 7) is 9.99. The summed E-state index contributed by atoms with van der Waals surface area (Å²) in [6, 6.07) is 19.8. The highest BCUT2D eigenvalue weighted by atomic mass is 32.7. The van der Waals surface area contributed by atoms with Gasteiger partial charge in [0.1, 0.15) is 0 Å². The minimum Gasteiger partial charge on any atom is -0.362 e. The molecule has 2 aromatic carbocycles. The van der Waals surface area contributed by atoms with E-state index in [9.17, 15) is 0 Å². The van der Waals surface area contributed by atoms with Crippen LogP contribution in [0.5, 0.6) is 0 Å². The fourth-order valence-corrected chi connectivity index (χ4v) is 8.90. The van der Waals surface area contributed by atoms with Crippen LogP contribution >= 0.6 is 31.0 Å². The van der Waals surface area contributed by atoms with Crippen LogP contribution in [0.25, 0.3) is 0 Å². The molecule has 7 heteroatoms. The minimum atomic E-state index is -0.477. The monoisotopic (exact) mass is 432 g/mol. The van der Waals surface area contributed by atoms with Crippen molar-refractivity contribution in [3.8, 4) is 0 Å². The number of hydrogen-bond acceptors (Lipinski definition) is 4. The molecule has 0 fully saturated rings. The first kappa shape index (κ1) is 21.2. The summed E-state index contributed by atoms with van der Waals surface area (Å²) in [5, 5.41) is 7.25. The van der Waals surface area contributed by atoms with Crippen LogP contribution in [0, 0.1) is 0 Å². The standard InChI is InChI=1S/C21H29N4PS2/c1-16(2)24-19-12-8-9-13-20(19)25(17(3)4)26(24)28-15-14-22-21(27)23-18-10-6-5-7-11-18/h5-13,16-17H,14-15H2,1-4H3,(H2,22,23,27). The summed E-state index contributed by atoms with van der Waals surface area (Å²) in [7, 11) is -0.477. The summed E-state index contributed by atoms with van der Waals surface area (Å²) in [6.07, 6.45) is 0. The molecule has 1 heterocycles. The molecule has 28 heavy (non-hydrogen) atoms. The maximum Gasteiger partial charge on any atom is 0.170 e. The van der Waals surface area contributed by atoms with E-state index < -0.39 is 7.42 Å². The molecule has 0 aliphatic carbocycles. The highest BCUT2D eigenvalue weighted by Crippen LogP contribution is 2.67. The first-order valence-corrected chi connectivity index (χ1v) is 12.9. The Kier molecular flexibility index (Phi) is 7.44. The van der Waals surface area contributed by atoms with Crippen LogP contribution in [0.3, 0.4) is 0 Å². The number of para-hydroxylation sites is 3. The maximum atomic E-state index is 5.42. The third-order valence-corrected chi connectivity index (χ3v) is 9.60. The van der Waals surface area contributed by atoms with Gasteiger partial charge in [0.25, 0.3) is 0 Å². The molecular weight excluding hydrogens is 403 g/mol. The largest absolute Gasteiger partial charge is 0.362 e. The third kappa shape index (κ3) is 4.91. The number of anilines is 3. The Morgan fingerprint density at radius 3 is 2.00 bits per heavy atom. The van der Waals surface area contributed by atoms with Crippen LogP contribution in [-0.4, -0.2) is 29.5 Å². The molecule has 4 nitrogen and oxygen atoms in total. The van der Waals surface area contributed by atoms with Gasteiger partial charge in [0.15, 0.2) is 12.5 Å². The van der Waals surface area contributed by atoms with E-state index in [4.69, 9.17) is 12.2 Å². The van der Waals surface area contributed by atoms with Gasteiger partial charge in [-0.3, -0.25) is 0 Å². The van der Waals surface area contributed by atoms with Gasteiger partial charge in [-0.05, 0) is 64.2 Å². The van der Waals surface area contributed by atoms with Crippen molar-refractivity contribution >= 4 is 53.2 Å². The zero-order valence-electron chi connectivity index (χ0n) is 16.9. The first-order valence-electron chi connectivity index (χ1n) is 9.69. The molecule has 0 amide bonds. The van der Waals surface area contributed by atoms with E-state index in [1.165, 1.54) is 11.4 Å². The second-order valence-electron chi connectivity index (χ2n) is 7.20. The second kappa shape index (κ2) is 9.82. The average molecular weight is 433 g/mol. The topological polar surface area (TPSA) is 30.5 Å². The molecule has 0 bridgehead atoms. The molecule has 0 spiro atoms. The molecular formula is C21H29N4PS2. The zero-order chi connectivity index (χ0) is 20.1. The molecule has 0 radical (unpaired) electrons. The smallest absolute Gasteiger partial charge is 0.170 e. The van der Waals surface area contributed by atoms with Gasteiger partial charge < -0.3 is 20.0 Å². The van der Waals surface area contributed by atoms with Crippen LogP contribution in [-0.2, 0) is 0 Å². The lowest BCUT2D eigenvalue weighted by atomic mass is 10.2. The molecule has 2 aromatic rings. The van der Waals surface area contributed by atoms with Gasteiger partial charge in [0.2, 0.25) is 0 Å². The Morgan fingerprint density at radius 2 is 1.46 bits per heavy atom. The van der Waals surface area contributed by atoms with Gasteiger partial charge in [-0.25, -0.2) is 0 Å². The predicted molar refractivity (Wildman–Crippen MR) is 132 cm³/mol. The van der Waals surface area contributed by atoms with Gasteiger partial charge in [-0.2, -0.15) is 0 Å². The highest BCUT2D eigenvalue weighted by Gasteiger charge is 2.39. The van der Waals surface area contributed by atoms with Crippen LogP contribution in [0.1, 0.15) is 27.7 Å². The molecule has 0 atom stereocenters. The molecule has 1 aliphatic rings. The molecule has 2 N–H and O–H groups in total. The number of hydrogen-bond donors (Lipinski definition) is 2. The van der Waals surface area contributed by atoms with E-state index in [0.717, 1.165) is 18.0 Å². The predicted octanol–water partition coefficient (Wildman–Crippen LogP) is 6.08. The summed E-state index contributed by atoms with van der Waals surface area (Å²) in [5.41, 5.74) is 3.73. The van der Waals surface area contributed by atoms with E-state index in [1.807, 2.05) is 41.7 Å². The van der Waals surface area contributed by atoms with Crippen molar-refractivity contribution in [1.82, 2.24) is 5.32 Å². The van der Waals surface area contributed by atoms with Crippen LogP contribution in [0.4, 0.5) is 17.1 Å². The summed E-state index contributed by atoms with van der Waals surface area (Å²) < 4.78 is 5.19. The minimum absolute atomic E-state index is 0.470. The summed E-state index contributed by atoms with van der Waals surface area (Å²) >= 11 is 7.45. The van der Waals surface area contributed by atoms with Crippen molar-refractivity contribution in [1.29, 1.82) is 0 Å². The second-order valence-corrected chi connectivity index (χ2v) is 11.4. The Labute approximate surface area is 179 Å². The molecule has 150 valence electrons. The van der Waals surface area contributed by atoms with Crippen molar-refractivity contribution < 1.29 is 0 Å². The van der Waals surface area contributed by atoms with Gasteiger partial charge in [0.05, 0.1) is 11.4 Å². The van der Waals surface area contributed by atoms with Crippen molar-refractivity contribution in [3.63, 3.8) is 0 Å². The van der Waals surface area contributed by atoms with Crippen LogP contribution in [0.2, 0.25) is 0 Å². The number of thiocarbonyl (C=S) groups is 1. The van der Waals surface area contributed by atoms with E-state index in [1.54, 1.807) is 0 Å². The summed E-state index contributed by atoms with van der Waals surface area (Å²) in [5.74, 6) is 1.00. The Balaban J connectivity index is 1.58. The molecule has 0 saturated heterocycles. The lowest BCUT2D eigenvalue weighted by molar-refractivity contribution is 0.824. The van der Waals surface area contributed by atoms with Crippen LogP contribution < -0.4 is 20.0 Å². The van der Waals surface area contributed by atoms with Gasteiger partial charge in [-0.1, -0.05) is 41.7 Å². The fourth-order valence-electron chi connectivity index (χ4n) is 3.20. The Hall–Kier alpha value is -1.49. The Bertz CT molecular complexity index is 750. The van der Waals surface area contributed by atoms with Crippen LogP contribution in [0.15, 0.2) is 54.6 Å². The average Bonchev–Trinajstić information content (AvgIpc) is 3.00. The lowest BCUT2D eigenvalue weighted by Gasteiger charge is -2.36. The first-order chi connectivity index (χ1) is 13.5. The maximum absolute atomic E-state index is 5.42. The summed E-state index contributed by atoms with van der Waals surface area (Å²) in [4.78, 5) is 0.